The van der Waals surface area contributed by atoms with E-state index in [4.69, 9.17) is 16.9 Å². The second kappa shape index (κ2) is 8.50. The van der Waals surface area contributed by atoms with E-state index < -0.39 is 15.9 Å². The molecule has 1 aromatic heterocycles. The minimum atomic E-state index is -3.80. The van der Waals surface area contributed by atoms with Gasteiger partial charge in [-0.05, 0) is 60.2 Å². The number of hydrogen-bond donors (Lipinski definition) is 4. The molecule has 0 aliphatic heterocycles. The van der Waals surface area contributed by atoms with Crippen molar-refractivity contribution in [3.63, 3.8) is 0 Å². The van der Waals surface area contributed by atoms with Crippen LogP contribution >= 0.6 is 23.1 Å². The van der Waals surface area contributed by atoms with E-state index in [-0.39, 0.29) is 15.6 Å². The van der Waals surface area contributed by atoms with Crippen molar-refractivity contribution in [1.29, 1.82) is 5.41 Å². The van der Waals surface area contributed by atoms with Crippen LogP contribution in [0.5, 0.6) is 0 Å². The maximum Gasteiger partial charge on any atom is 0.316 e. The number of rotatable bonds is 6. The Bertz CT molecular complexity index is 1250. The lowest BCUT2D eigenvalue weighted by molar-refractivity contribution is 0.259. The number of amides is 2. The highest BCUT2D eigenvalue weighted by molar-refractivity contribution is 8.01. The first-order chi connectivity index (χ1) is 14.1. The Kier molecular flexibility index (Phi) is 6.20. The van der Waals surface area contributed by atoms with Gasteiger partial charge in [0.1, 0.15) is 5.84 Å². The van der Waals surface area contributed by atoms with Gasteiger partial charge in [-0.1, -0.05) is 18.2 Å². The molecular weight excluding hydrogens is 440 g/mol. The second-order valence-corrected chi connectivity index (χ2v) is 10.5. The molecule has 0 atom stereocenters. The summed E-state index contributed by atoms with van der Waals surface area (Å²) in [4.78, 5) is 11.8. The Hall–Kier alpha value is -2.82. The summed E-state index contributed by atoms with van der Waals surface area (Å²) in [5.74, 6) is -0.161. The molecule has 0 spiro atoms. The summed E-state index contributed by atoms with van der Waals surface area (Å²) in [6, 6.07) is 12.8. The average molecular weight is 461 g/mol. The van der Waals surface area contributed by atoms with E-state index in [1.54, 1.807) is 42.7 Å². The van der Waals surface area contributed by atoms with Crippen LogP contribution in [0.4, 0.5) is 10.5 Å². The molecule has 0 aliphatic rings. The summed E-state index contributed by atoms with van der Waals surface area (Å²) in [6.07, 6.45) is 1.79. The molecular formula is C20H20N4O3S3. The summed E-state index contributed by atoms with van der Waals surface area (Å²) in [7, 11) is -3.80. The molecule has 3 aromatic rings. The third-order valence-electron chi connectivity index (χ3n) is 4.36. The molecule has 1 heterocycles. The number of carbonyl (C=O) groups excluding carboxylic acids is 1. The third-order valence-corrected chi connectivity index (χ3v) is 8.69. The first-order valence-corrected chi connectivity index (χ1v) is 12.2. The topological polar surface area (TPSA) is 139 Å². The summed E-state index contributed by atoms with van der Waals surface area (Å²) in [5.41, 5.74) is 13.7. The molecule has 2 amide bonds. The predicted octanol–water partition coefficient (Wildman–Crippen LogP) is 4.05. The molecule has 6 N–H and O–H groups in total. The van der Waals surface area contributed by atoms with Crippen LogP contribution < -0.4 is 16.8 Å². The summed E-state index contributed by atoms with van der Waals surface area (Å²) in [5, 5.41) is 10.1. The number of carbonyl (C=O) groups is 1. The van der Waals surface area contributed by atoms with Crippen molar-refractivity contribution in [2.24, 2.45) is 11.5 Å². The van der Waals surface area contributed by atoms with Gasteiger partial charge in [-0.3, -0.25) is 5.41 Å². The van der Waals surface area contributed by atoms with Gasteiger partial charge in [0, 0.05) is 5.69 Å². The highest BCUT2D eigenvalue weighted by atomic mass is 32.2. The highest BCUT2D eigenvalue weighted by Crippen LogP contribution is 2.38. The zero-order valence-corrected chi connectivity index (χ0v) is 18.7. The Morgan fingerprint density at radius 3 is 2.47 bits per heavy atom. The number of nitrogens with one attached hydrogen (secondary N) is 2. The van der Waals surface area contributed by atoms with E-state index in [2.05, 4.69) is 5.32 Å². The van der Waals surface area contributed by atoms with E-state index in [1.165, 1.54) is 29.2 Å². The molecule has 0 radical (unpaired) electrons. The summed E-state index contributed by atoms with van der Waals surface area (Å²) >= 11 is 2.50. The van der Waals surface area contributed by atoms with Gasteiger partial charge >= 0.3 is 6.03 Å². The van der Waals surface area contributed by atoms with Crippen molar-refractivity contribution in [3.05, 3.63) is 59.0 Å². The molecule has 0 aliphatic carbocycles. The number of aryl methyl sites for hydroxylation is 1. The fourth-order valence-corrected chi connectivity index (χ4v) is 6.89. The number of anilines is 1. The molecule has 0 bridgehead atoms. The first kappa shape index (κ1) is 21.9. The minimum Gasteiger partial charge on any atom is -0.383 e. The third kappa shape index (κ3) is 4.35. The monoisotopic (exact) mass is 460 g/mol. The Morgan fingerprint density at radius 1 is 1.13 bits per heavy atom. The zero-order valence-electron chi connectivity index (χ0n) is 16.2. The number of hydrogen-bond acceptors (Lipinski definition) is 6. The standard InChI is InChI=1S/C20H20N4O3S3/c1-11-8-13(24-20(23)25)6-7-15(11)12-4-3-5-14(9-12)30(26,27)17-10-16(18(21)22)29-19(17)28-2/h3-10H,1-2H3,(H3,21,22)(H3,23,24,25). The van der Waals surface area contributed by atoms with Gasteiger partial charge in [-0.15, -0.1) is 23.1 Å². The number of sulfone groups is 1. The Balaban J connectivity index is 2.06. The van der Waals surface area contributed by atoms with Crippen LogP contribution in [0, 0.1) is 12.3 Å². The smallest absolute Gasteiger partial charge is 0.316 e. The number of thioether (sulfide) groups is 1. The first-order valence-electron chi connectivity index (χ1n) is 8.68. The van der Waals surface area contributed by atoms with Crippen LogP contribution in [-0.2, 0) is 9.84 Å². The largest absolute Gasteiger partial charge is 0.383 e. The second-order valence-electron chi connectivity index (χ2n) is 6.43. The number of primary amides is 1. The van der Waals surface area contributed by atoms with Crippen LogP contribution in [0.2, 0.25) is 0 Å². The molecule has 2 aromatic carbocycles. The number of nitrogens with two attached hydrogens (primary N) is 2. The zero-order chi connectivity index (χ0) is 22.1. The van der Waals surface area contributed by atoms with Gasteiger partial charge in [0.2, 0.25) is 9.84 Å². The van der Waals surface area contributed by atoms with E-state index in [0.717, 1.165) is 16.7 Å². The van der Waals surface area contributed by atoms with Crippen molar-refractivity contribution >= 4 is 50.5 Å². The average Bonchev–Trinajstić information content (AvgIpc) is 3.13. The lowest BCUT2D eigenvalue weighted by Crippen LogP contribution is -2.19. The van der Waals surface area contributed by atoms with Crippen LogP contribution in [0.1, 0.15) is 10.4 Å². The van der Waals surface area contributed by atoms with E-state index in [9.17, 15) is 13.2 Å². The number of benzene rings is 2. The van der Waals surface area contributed by atoms with Gasteiger partial charge in [-0.25, -0.2) is 13.2 Å². The Labute approximate surface area is 182 Å². The SMILES string of the molecule is CSc1sc(C(=N)N)cc1S(=O)(=O)c1cccc(-c2ccc(NC(N)=O)cc2C)c1. The Morgan fingerprint density at radius 2 is 1.87 bits per heavy atom. The molecule has 0 fully saturated rings. The van der Waals surface area contributed by atoms with Crippen LogP contribution in [0.3, 0.4) is 0 Å². The van der Waals surface area contributed by atoms with E-state index in [1.807, 2.05) is 13.0 Å². The minimum absolute atomic E-state index is 0.153. The van der Waals surface area contributed by atoms with Crippen molar-refractivity contribution in [2.45, 2.75) is 20.9 Å². The molecule has 0 saturated heterocycles. The number of amidine groups is 1. The fraction of sp³-hybridized carbons (Fsp3) is 0.100. The predicted molar refractivity (Wildman–Crippen MR) is 122 cm³/mol. The molecule has 3 rings (SSSR count). The van der Waals surface area contributed by atoms with Crippen molar-refractivity contribution in [3.8, 4) is 11.1 Å². The molecule has 0 unspecified atom stereocenters. The molecule has 7 nitrogen and oxygen atoms in total. The maximum atomic E-state index is 13.3. The van der Waals surface area contributed by atoms with Crippen molar-refractivity contribution < 1.29 is 13.2 Å². The molecule has 10 heteroatoms. The van der Waals surface area contributed by atoms with Gasteiger partial charge in [0.25, 0.3) is 0 Å². The van der Waals surface area contributed by atoms with Crippen molar-refractivity contribution in [1.82, 2.24) is 0 Å². The fourth-order valence-electron chi connectivity index (χ4n) is 2.99. The quantitative estimate of drug-likeness (QED) is 0.250. The summed E-state index contributed by atoms with van der Waals surface area (Å²) in [6.45, 7) is 1.87. The van der Waals surface area contributed by atoms with Crippen LogP contribution in [0.25, 0.3) is 11.1 Å². The van der Waals surface area contributed by atoms with Gasteiger partial charge in [0.15, 0.2) is 0 Å². The van der Waals surface area contributed by atoms with Gasteiger partial charge < -0.3 is 16.8 Å². The van der Waals surface area contributed by atoms with Crippen LogP contribution in [-0.4, -0.2) is 26.5 Å². The van der Waals surface area contributed by atoms with Crippen LogP contribution in [0.15, 0.2) is 62.5 Å². The van der Waals surface area contributed by atoms with E-state index >= 15 is 0 Å². The maximum absolute atomic E-state index is 13.3. The van der Waals surface area contributed by atoms with Gasteiger partial charge in [-0.2, -0.15) is 0 Å². The molecule has 156 valence electrons. The normalized spacial score (nSPS) is 11.3. The lowest BCUT2D eigenvalue weighted by Gasteiger charge is -2.11. The van der Waals surface area contributed by atoms with E-state index in [0.29, 0.717) is 14.8 Å². The van der Waals surface area contributed by atoms with Crippen molar-refractivity contribution in [2.75, 3.05) is 11.6 Å². The number of urea groups is 1. The lowest BCUT2D eigenvalue weighted by atomic mass is 10.00. The highest BCUT2D eigenvalue weighted by Gasteiger charge is 2.25. The number of nitrogen functional groups attached to an aromatic ring is 1. The molecule has 0 saturated carbocycles. The summed E-state index contributed by atoms with van der Waals surface area (Å²) < 4.78 is 27.2. The van der Waals surface area contributed by atoms with Gasteiger partial charge in [0.05, 0.1) is 18.9 Å². The number of thiophene rings is 1. The molecule has 30 heavy (non-hydrogen) atoms.